The highest BCUT2D eigenvalue weighted by Gasteiger charge is 2.19. The zero-order valence-electron chi connectivity index (χ0n) is 21.0. The van der Waals surface area contributed by atoms with Crippen LogP contribution >= 0.6 is 11.6 Å². The van der Waals surface area contributed by atoms with E-state index in [9.17, 15) is 0 Å². The molecule has 0 amide bonds. The molecule has 3 rings (SSSR count). The normalized spacial score (nSPS) is 11.9. The molecule has 0 bridgehead atoms. The van der Waals surface area contributed by atoms with Crippen LogP contribution in [0.3, 0.4) is 0 Å². The van der Waals surface area contributed by atoms with Crippen LogP contribution < -0.4 is 9.64 Å². The van der Waals surface area contributed by atoms with Crippen molar-refractivity contribution in [2.75, 3.05) is 25.1 Å². The number of anilines is 1. The summed E-state index contributed by atoms with van der Waals surface area (Å²) in [4.78, 5) is 7.21. The van der Waals surface area contributed by atoms with Crippen LogP contribution in [-0.4, -0.2) is 25.2 Å². The summed E-state index contributed by atoms with van der Waals surface area (Å²) in [6.07, 6.45) is 10.6. The highest BCUT2D eigenvalue weighted by molar-refractivity contribution is 6.30. The lowest BCUT2D eigenvalue weighted by Crippen LogP contribution is -2.28. The van der Waals surface area contributed by atoms with Gasteiger partial charge in [-0.25, -0.2) is 0 Å². The van der Waals surface area contributed by atoms with Gasteiger partial charge >= 0.3 is 0 Å². The van der Waals surface area contributed by atoms with Gasteiger partial charge in [-0.05, 0) is 67.3 Å². The summed E-state index contributed by atoms with van der Waals surface area (Å²) < 4.78 is 5.79. The van der Waals surface area contributed by atoms with E-state index in [1.54, 1.807) is 7.11 Å². The van der Waals surface area contributed by atoms with Gasteiger partial charge < -0.3 is 9.64 Å². The van der Waals surface area contributed by atoms with Gasteiger partial charge in [-0.3, -0.25) is 4.98 Å². The second-order valence-corrected chi connectivity index (χ2v) is 9.51. The van der Waals surface area contributed by atoms with E-state index in [-0.39, 0.29) is 5.92 Å². The molecule has 1 unspecified atom stereocenters. The molecule has 0 aliphatic rings. The van der Waals surface area contributed by atoms with Crippen LogP contribution in [0.5, 0.6) is 5.75 Å². The summed E-state index contributed by atoms with van der Waals surface area (Å²) in [6, 6.07) is 20.9. The molecule has 0 aliphatic heterocycles. The van der Waals surface area contributed by atoms with Crippen molar-refractivity contribution >= 4 is 17.3 Å². The summed E-state index contributed by atoms with van der Waals surface area (Å²) in [5, 5.41) is 0.762. The Morgan fingerprint density at radius 2 is 1.68 bits per heavy atom. The van der Waals surface area contributed by atoms with E-state index >= 15 is 0 Å². The first-order valence-electron chi connectivity index (χ1n) is 12.7. The zero-order chi connectivity index (χ0) is 24.2. The number of unbranched alkanes of at least 4 members (excludes halogenated alkanes) is 5. The number of ether oxygens (including phenoxy) is 1. The Hall–Kier alpha value is -2.52. The van der Waals surface area contributed by atoms with E-state index in [1.807, 2.05) is 24.4 Å². The molecular weight excluding hydrogens is 440 g/mol. The molecule has 182 valence electrons. The molecule has 0 aliphatic carbocycles. The molecule has 0 saturated carbocycles. The summed E-state index contributed by atoms with van der Waals surface area (Å²) in [7, 11) is 1.77. The first kappa shape index (κ1) is 26.1. The molecular formula is C30H39ClN2O. The number of methoxy groups -OCH3 is 1. The third-order valence-electron chi connectivity index (χ3n) is 6.46. The lowest BCUT2D eigenvalue weighted by atomic mass is 9.91. The number of pyridine rings is 1. The summed E-state index contributed by atoms with van der Waals surface area (Å²) in [6.45, 7) is 6.34. The van der Waals surface area contributed by atoms with E-state index < -0.39 is 0 Å². The lowest BCUT2D eigenvalue weighted by Gasteiger charge is -2.29. The highest BCUT2D eigenvalue weighted by Crippen LogP contribution is 2.33. The van der Waals surface area contributed by atoms with Gasteiger partial charge in [0, 0.05) is 35.9 Å². The molecule has 0 saturated heterocycles. The molecule has 1 aromatic heterocycles. The molecule has 0 N–H and O–H groups in total. The first-order chi connectivity index (χ1) is 16.6. The largest absolute Gasteiger partial charge is 0.495 e. The molecule has 0 fully saturated rings. The van der Waals surface area contributed by atoms with Gasteiger partial charge in [0.1, 0.15) is 5.75 Å². The minimum absolute atomic E-state index is 0.210. The average molecular weight is 479 g/mol. The van der Waals surface area contributed by atoms with Crippen molar-refractivity contribution in [3.05, 3.63) is 88.7 Å². The minimum Gasteiger partial charge on any atom is -0.495 e. The van der Waals surface area contributed by atoms with E-state index in [0.29, 0.717) is 0 Å². The second kappa shape index (κ2) is 14.0. The minimum atomic E-state index is 0.210. The fourth-order valence-corrected chi connectivity index (χ4v) is 4.66. The van der Waals surface area contributed by atoms with Crippen molar-refractivity contribution in [2.45, 2.75) is 64.7 Å². The van der Waals surface area contributed by atoms with Gasteiger partial charge in [0.15, 0.2) is 0 Å². The van der Waals surface area contributed by atoms with Crippen molar-refractivity contribution in [1.29, 1.82) is 0 Å². The van der Waals surface area contributed by atoms with Crippen LogP contribution in [0, 0.1) is 6.92 Å². The SMILES string of the molecule is CCCCCCCCN(CCC(c1ccc(Cl)cc1)c1ccccn1)c1ccc(C)cc1OC. The highest BCUT2D eigenvalue weighted by atomic mass is 35.5. The van der Waals surface area contributed by atoms with Crippen LogP contribution in [0.4, 0.5) is 5.69 Å². The van der Waals surface area contributed by atoms with Crippen LogP contribution in [0.25, 0.3) is 0 Å². The number of nitrogens with zero attached hydrogens (tertiary/aromatic N) is 2. The van der Waals surface area contributed by atoms with Gasteiger partial charge in [0.05, 0.1) is 12.8 Å². The van der Waals surface area contributed by atoms with E-state index in [2.05, 4.69) is 61.2 Å². The molecule has 2 aromatic carbocycles. The van der Waals surface area contributed by atoms with Crippen LogP contribution in [0.2, 0.25) is 5.02 Å². The zero-order valence-corrected chi connectivity index (χ0v) is 21.7. The van der Waals surface area contributed by atoms with Gasteiger partial charge in [-0.2, -0.15) is 0 Å². The number of aryl methyl sites for hydroxylation is 1. The maximum Gasteiger partial charge on any atom is 0.142 e. The molecule has 3 aromatic rings. The molecule has 3 nitrogen and oxygen atoms in total. The fourth-order valence-electron chi connectivity index (χ4n) is 4.53. The van der Waals surface area contributed by atoms with Crippen LogP contribution in [0.15, 0.2) is 66.9 Å². The molecule has 0 radical (unpaired) electrons. The smallest absolute Gasteiger partial charge is 0.142 e. The third kappa shape index (κ3) is 7.77. The van der Waals surface area contributed by atoms with Crippen molar-refractivity contribution in [3.63, 3.8) is 0 Å². The maximum absolute atomic E-state index is 6.18. The van der Waals surface area contributed by atoms with Gasteiger partial charge in [0.25, 0.3) is 0 Å². The Kier molecular flexibility index (Phi) is 10.8. The van der Waals surface area contributed by atoms with E-state index in [1.165, 1.54) is 55.3 Å². The van der Waals surface area contributed by atoms with Crippen LogP contribution in [0.1, 0.15) is 74.6 Å². The quantitative estimate of drug-likeness (QED) is 0.217. The number of benzene rings is 2. The van der Waals surface area contributed by atoms with Gasteiger partial charge in [0.2, 0.25) is 0 Å². The lowest BCUT2D eigenvalue weighted by molar-refractivity contribution is 0.413. The average Bonchev–Trinajstić information content (AvgIpc) is 2.86. The maximum atomic E-state index is 6.18. The standard InChI is InChI=1S/C30H39ClN2O/c1-4-5-6-7-8-11-21-33(29-18-13-24(2)23-30(29)34-3)22-19-27(28-12-9-10-20-32-28)25-14-16-26(31)17-15-25/h9-10,12-18,20,23,27H,4-8,11,19,21-22H2,1-3H3. The number of aromatic nitrogens is 1. The van der Waals surface area contributed by atoms with E-state index in [4.69, 9.17) is 21.3 Å². The molecule has 1 atom stereocenters. The molecule has 34 heavy (non-hydrogen) atoms. The summed E-state index contributed by atoms with van der Waals surface area (Å²) >= 11 is 6.18. The Bertz CT molecular complexity index is 975. The first-order valence-corrected chi connectivity index (χ1v) is 13.1. The Balaban J connectivity index is 1.79. The van der Waals surface area contributed by atoms with Gasteiger partial charge in [-0.15, -0.1) is 0 Å². The van der Waals surface area contributed by atoms with Crippen molar-refractivity contribution in [1.82, 2.24) is 4.98 Å². The number of halogens is 1. The van der Waals surface area contributed by atoms with Crippen molar-refractivity contribution < 1.29 is 4.74 Å². The molecule has 0 spiro atoms. The predicted octanol–water partition coefficient (Wildman–Crippen LogP) is 8.44. The third-order valence-corrected chi connectivity index (χ3v) is 6.71. The monoisotopic (exact) mass is 478 g/mol. The topological polar surface area (TPSA) is 25.4 Å². The Morgan fingerprint density at radius 3 is 2.38 bits per heavy atom. The Morgan fingerprint density at radius 1 is 0.912 bits per heavy atom. The van der Waals surface area contributed by atoms with Crippen molar-refractivity contribution in [3.8, 4) is 5.75 Å². The van der Waals surface area contributed by atoms with Crippen LogP contribution in [-0.2, 0) is 0 Å². The fraction of sp³-hybridized carbons (Fsp3) is 0.433. The Labute approximate surface area is 211 Å². The predicted molar refractivity (Wildman–Crippen MR) is 145 cm³/mol. The molecule has 1 heterocycles. The number of hydrogen-bond acceptors (Lipinski definition) is 3. The van der Waals surface area contributed by atoms with E-state index in [0.717, 1.165) is 36.0 Å². The van der Waals surface area contributed by atoms with Gasteiger partial charge in [-0.1, -0.05) is 74.9 Å². The molecule has 4 heteroatoms. The van der Waals surface area contributed by atoms with Crippen molar-refractivity contribution in [2.24, 2.45) is 0 Å². The summed E-state index contributed by atoms with van der Waals surface area (Å²) in [5.41, 5.74) is 4.74. The summed E-state index contributed by atoms with van der Waals surface area (Å²) in [5.74, 6) is 1.16. The number of rotatable bonds is 14. The number of hydrogen-bond donors (Lipinski definition) is 0. The second-order valence-electron chi connectivity index (χ2n) is 9.08.